The number of benzene rings is 1. The number of aromatic nitrogens is 3. The predicted molar refractivity (Wildman–Crippen MR) is 176 cm³/mol. The van der Waals surface area contributed by atoms with E-state index in [4.69, 9.17) is 16.9 Å². The molecule has 4 aromatic rings. The average molecular weight is 649 g/mol. The Morgan fingerprint density at radius 1 is 0.889 bits per heavy atom. The SMILES string of the molecule is Cc1cc(C(=O)Nc2ccn(C(=O)N(C)c3ccn(C(=O)N(C)c4ccn(C(=O)N(C)C(C)C#N)c4)c3)c2)ccc1SCCCl. The summed E-state index contributed by atoms with van der Waals surface area (Å²) in [6.45, 7) is 3.55. The molecule has 3 aromatic heterocycles. The van der Waals surface area contributed by atoms with Gasteiger partial charge in [-0.05, 0) is 55.8 Å². The van der Waals surface area contributed by atoms with Crippen molar-refractivity contribution in [2.24, 2.45) is 0 Å². The molecule has 0 radical (unpaired) electrons. The zero-order valence-electron chi connectivity index (χ0n) is 25.5. The molecule has 234 valence electrons. The van der Waals surface area contributed by atoms with Gasteiger partial charge in [0.05, 0.1) is 23.1 Å². The predicted octanol–water partition coefficient (Wildman–Crippen LogP) is 6.00. The van der Waals surface area contributed by atoms with Crippen LogP contribution in [0.5, 0.6) is 0 Å². The van der Waals surface area contributed by atoms with Gasteiger partial charge in [-0.15, -0.1) is 23.4 Å². The molecule has 1 atom stereocenters. The minimum Gasteiger partial charge on any atom is -0.321 e. The number of hydrogen-bond donors (Lipinski definition) is 1. The molecule has 0 fully saturated rings. The molecule has 0 saturated heterocycles. The highest BCUT2D eigenvalue weighted by molar-refractivity contribution is 7.99. The summed E-state index contributed by atoms with van der Waals surface area (Å²) in [7, 11) is 4.67. The van der Waals surface area contributed by atoms with Crippen molar-refractivity contribution in [3.8, 4) is 6.07 Å². The van der Waals surface area contributed by atoms with Crippen LogP contribution < -0.4 is 15.1 Å². The lowest BCUT2D eigenvalue weighted by atomic mass is 10.1. The maximum absolute atomic E-state index is 13.2. The van der Waals surface area contributed by atoms with Crippen molar-refractivity contribution in [1.29, 1.82) is 5.26 Å². The van der Waals surface area contributed by atoms with E-state index in [0.717, 1.165) is 16.2 Å². The number of nitrogens with zero attached hydrogens (tertiary/aromatic N) is 7. The number of halogens is 1. The number of amides is 4. The second-order valence-electron chi connectivity index (χ2n) is 10.2. The first-order valence-electron chi connectivity index (χ1n) is 13.8. The van der Waals surface area contributed by atoms with Crippen molar-refractivity contribution in [2.45, 2.75) is 24.8 Å². The van der Waals surface area contributed by atoms with Crippen LogP contribution in [0, 0.1) is 18.3 Å². The van der Waals surface area contributed by atoms with Gasteiger partial charge < -0.3 is 10.2 Å². The molecule has 45 heavy (non-hydrogen) atoms. The number of rotatable bonds is 8. The van der Waals surface area contributed by atoms with Gasteiger partial charge in [0, 0.05) is 80.4 Å². The van der Waals surface area contributed by atoms with E-state index in [1.54, 1.807) is 63.2 Å². The Kier molecular flexibility index (Phi) is 10.4. The summed E-state index contributed by atoms with van der Waals surface area (Å²) in [6, 6.07) is 10.5. The van der Waals surface area contributed by atoms with Crippen LogP contribution in [0.1, 0.15) is 22.8 Å². The first kappa shape index (κ1) is 33.0. The quantitative estimate of drug-likeness (QED) is 0.184. The number of carbonyl (C=O) groups is 4. The van der Waals surface area contributed by atoms with Crippen LogP contribution >= 0.6 is 23.4 Å². The Labute approximate surface area is 270 Å². The van der Waals surface area contributed by atoms with Crippen molar-refractivity contribution >= 4 is 64.4 Å². The van der Waals surface area contributed by atoms with Crippen molar-refractivity contribution in [2.75, 3.05) is 47.9 Å². The first-order valence-corrected chi connectivity index (χ1v) is 15.3. The normalized spacial score (nSPS) is 11.4. The fourth-order valence-electron chi connectivity index (χ4n) is 4.30. The fraction of sp³-hybridized carbons (Fsp3) is 0.258. The number of nitriles is 1. The smallest absolute Gasteiger partial charge is 0.321 e. The molecule has 0 aliphatic carbocycles. The van der Waals surface area contributed by atoms with Crippen LogP contribution in [0.4, 0.5) is 31.4 Å². The molecule has 3 heterocycles. The second kappa shape index (κ2) is 14.2. The van der Waals surface area contributed by atoms with E-state index in [-0.39, 0.29) is 5.91 Å². The Balaban J connectivity index is 1.39. The van der Waals surface area contributed by atoms with Crippen molar-refractivity contribution in [3.05, 3.63) is 84.7 Å². The zero-order valence-corrected chi connectivity index (χ0v) is 27.0. The van der Waals surface area contributed by atoms with Crippen molar-refractivity contribution in [1.82, 2.24) is 18.6 Å². The first-order chi connectivity index (χ1) is 21.4. The molecule has 14 heteroatoms. The molecule has 1 aromatic carbocycles. The monoisotopic (exact) mass is 648 g/mol. The van der Waals surface area contributed by atoms with E-state index in [2.05, 4.69) is 5.32 Å². The van der Waals surface area contributed by atoms with Crippen LogP contribution in [0.3, 0.4) is 0 Å². The maximum atomic E-state index is 13.2. The molecule has 1 unspecified atom stereocenters. The van der Waals surface area contributed by atoms with Gasteiger partial charge in [-0.1, -0.05) is 0 Å². The van der Waals surface area contributed by atoms with E-state index < -0.39 is 24.1 Å². The summed E-state index contributed by atoms with van der Waals surface area (Å²) in [5.74, 6) is 1.03. The lowest BCUT2D eigenvalue weighted by molar-refractivity contribution is 0.102. The number of anilines is 3. The van der Waals surface area contributed by atoms with Crippen LogP contribution in [-0.4, -0.2) is 81.4 Å². The summed E-state index contributed by atoms with van der Waals surface area (Å²) in [6.07, 6.45) is 9.13. The van der Waals surface area contributed by atoms with Crippen molar-refractivity contribution in [3.63, 3.8) is 0 Å². The lowest BCUT2D eigenvalue weighted by Gasteiger charge is -2.20. The highest BCUT2D eigenvalue weighted by Crippen LogP contribution is 2.24. The second-order valence-corrected chi connectivity index (χ2v) is 11.7. The molecule has 0 aliphatic rings. The fourth-order valence-corrected chi connectivity index (χ4v) is 5.28. The van der Waals surface area contributed by atoms with E-state index in [0.29, 0.717) is 28.5 Å². The maximum Gasteiger partial charge on any atom is 0.332 e. The minimum atomic E-state index is -0.615. The highest BCUT2D eigenvalue weighted by Gasteiger charge is 2.21. The number of thioether (sulfide) groups is 1. The summed E-state index contributed by atoms with van der Waals surface area (Å²) in [4.78, 5) is 56.9. The van der Waals surface area contributed by atoms with Gasteiger partial charge in [0.1, 0.15) is 6.04 Å². The summed E-state index contributed by atoms with van der Waals surface area (Å²) < 4.78 is 3.96. The van der Waals surface area contributed by atoms with E-state index >= 15 is 0 Å². The lowest BCUT2D eigenvalue weighted by Crippen LogP contribution is -2.36. The summed E-state index contributed by atoms with van der Waals surface area (Å²) >= 11 is 7.41. The Bertz CT molecular complexity index is 1770. The molecule has 0 bridgehead atoms. The molecule has 0 saturated carbocycles. The Morgan fingerprint density at radius 3 is 2.00 bits per heavy atom. The molecule has 4 rings (SSSR count). The van der Waals surface area contributed by atoms with Gasteiger partial charge in [-0.25, -0.2) is 14.4 Å². The molecule has 4 amide bonds. The number of hydrogen-bond acceptors (Lipinski definition) is 6. The molecule has 12 nitrogen and oxygen atoms in total. The van der Waals surface area contributed by atoms with Crippen LogP contribution in [0.25, 0.3) is 0 Å². The van der Waals surface area contributed by atoms with Gasteiger partial charge in [-0.2, -0.15) is 5.26 Å². The largest absolute Gasteiger partial charge is 0.332 e. The third-order valence-electron chi connectivity index (χ3n) is 7.16. The molecule has 0 spiro atoms. The minimum absolute atomic E-state index is 0.297. The van der Waals surface area contributed by atoms with Gasteiger partial charge in [0.2, 0.25) is 0 Å². The van der Waals surface area contributed by atoms with Crippen LogP contribution in [0.15, 0.2) is 78.5 Å². The third-order valence-corrected chi connectivity index (χ3v) is 8.75. The number of alkyl halides is 1. The van der Waals surface area contributed by atoms with E-state index in [9.17, 15) is 19.2 Å². The molecule has 0 aliphatic heterocycles. The summed E-state index contributed by atoms with van der Waals surface area (Å²) in [5.41, 5.74) is 2.85. The number of aryl methyl sites for hydroxylation is 1. The van der Waals surface area contributed by atoms with Crippen molar-refractivity contribution < 1.29 is 19.2 Å². The number of carbonyl (C=O) groups excluding carboxylic acids is 4. The Morgan fingerprint density at radius 2 is 1.44 bits per heavy atom. The van der Waals surface area contributed by atoms with E-state index in [1.807, 2.05) is 25.1 Å². The van der Waals surface area contributed by atoms with Gasteiger partial charge >= 0.3 is 18.1 Å². The average Bonchev–Trinajstić information content (AvgIpc) is 3.83. The molecular formula is C31H33ClN8O4S. The standard InChI is InChI=1S/C31H33ClN8O4S/c1-21-16-23(6-7-27(21)45-15-11-32)28(41)34-24-8-12-38(18-24)30(43)36(4)26-10-14-40(20-26)31(44)37(5)25-9-13-39(19-25)29(42)35(3)22(2)17-33/h6-10,12-14,16,18-20,22H,11,15H2,1-5H3,(H,34,41). The molecule has 1 N–H and O–H groups in total. The summed E-state index contributed by atoms with van der Waals surface area (Å²) in [5, 5.41) is 11.9. The van der Waals surface area contributed by atoms with Gasteiger partial charge in [-0.3, -0.25) is 28.3 Å². The van der Waals surface area contributed by atoms with Gasteiger partial charge in [0.25, 0.3) is 5.91 Å². The number of nitrogens with one attached hydrogen (secondary N) is 1. The molecular weight excluding hydrogens is 616 g/mol. The van der Waals surface area contributed by atoms with Crippen LogP contribution in [0.2, 0.25) is 0 Å². The highest BCUT2D eigenvalue weighted by atomic mass is 35.5. The van der Waals surface area contributed by atoms with Gasteiger partial charge in [0.15, 0.2) is 0 Å². The van der Waals surface area contributed by atoms with Crippen LogP contribution in [-0.2, 0) is 0 Å². The Hall–Kier alpha value is -4.93. The zero-order chi connectivity index (χ0) is 32.8. The van der Waals surface area contributed by atoms with E-state index in [1.165, 1.54) is 66.4 Å². The topological polar surface area (TPSA) is 129 Å². The third kappa shape index (κ3) is 7.42.